The number of benzene rings is 3. The number of nitrogens with two attached hydrogens (primary N) is 1. The van der Waals surface area contributed by atoms with Crippen LogP contribution in [0.1, 0.15) is 16.7 Å². The highest BCUT2D eigenvalue weighted by atomic mass is 16.6. The van der Waals surface area contributed by atoms with Crippen molar-refractivity contribution in [3.8, 4) is 5.88 Å². The van der Waals surface area contributed by atoms with Gasteiger partial charge in [-0.1, -0.05) is 54.6 Å². The van der Waals surface area contributed by atoms with Crippen LogP contribution < -0.4 is 20.7 Å². The van der Waals surface area contributed by atoms with Crippen molar-refractivity contribution in [2.24, 2.45) is 4.99 Å². The number of hydrogen-bond acceptors (Lipinski definition) is 6. The summed E-state index contributed by atoms with van der Waals surface area (Å²) in [7, 11) is 0. The maximum absolute atomic E-state index is 13.5. The van der Waals surface area contributed by atoms with Crippen LogP contribution in [0.4, 0.5) is 16.2 Å². The number of nitrogens with zero attached hydrogens (tertiary/aromatic N) is 3. The van der Waals surface area contributed by atoms with Crippen molar-refractivity contribution in [1.29, 1.82) is 0 Å². The van der Waals surface area contributed by atoms with Gasteiger partial charge in [0, 0.05) is 41.0 Å². The zero-order valence-electron chi connectivity index (χ0n) is 18.6. The van der Waals surface area contributed by atoms with Gasteiger partial charge in [0.05, 0.1) is 11.4 Å². The fourth-order valence-electron chi connectivity index (χ4n) is 4.65. The summed E-state index contributed by atoms with van der Waals surface area (Å²) in [5.41, 5.74) is 10.7. The van der Waals surface area contributed by atoms with Gasteiger partial charge in [0.1, 0.15) is 0 Å². The lowest BCUT2D eigenvalue weighted by Gasteiger charge is -2.20. The van der Waals surface area contributed by atoms with Crippen LogP contribution in [-0.2, 0) is 11.2 Å². The Bertz CT molecular complexity index is 1520. The van der Waals surface area contributed by atoms with Gasteiger partial charge in [-0.2, -0.15) is 0 Å². The highest BCUT2D eigenvalue weighted by molar-refractivity contribution is 6.21. The van der Waals surface area contributed by atoms with Gasteiger partial charge in [0.2, 0.25) is 12.0 Å². The van der Waals surface area contributed by atoms with Crippen molar-refractivity contribution in [3.05, 3.63) is 95.7 Å². The Kier molecular flexibility index (Phi) is 4.92. The molecule has 0 saturated heterocycles. The Balaban J connectivity index is 1.36. The van der Waals surface area contributed by atoms with E-state index in [9.17, 15) is 9.59 Å². The van der Waals surface area contributed by atoms with E-state index in [-0.39, 0.29) is 11.8 Å². The van der Waals surface area contributed by atoms with Crippen LogP contribution in [0.5, 0.6) is 5.88 Å². The number of pyridine rings is 1. The van der Waals surface area contributed by atoms with Crippen molar-refractivity contribution in [1.82, 2.24) is 10.3 Å². The number of fused-ring (bicyclic) bond motifs is 1. The molecule has 1 aromatic heterocycles. The number of ether oxygens (including phenoxy) is 1. The van der Waals surface area contributed by atoms with Crippen LogP contribution in [0.15, 0.2) is 84.0 Å². The van der Waals surface area contributed by atoms with Crippen molar-refractivity contribution in [3.63, 3.8) is 0 Å². The molecular formula is C27H21N5O3. The predicted octanol–water partition coefficient (Wildman–Crippen LogP) is 3.67. The van der Waals surface area contributed by atoms with Crippen molar-refractivity contribution in [2.75, 3.05) is 17.2 Å². The molecular weight excluding hydrogens is 442 g/mol. The fourth-order valence-corrected chi connectivity index (χ4v) is 4.65. The zero-order valence-corrected chi connectivity index (χ0v) is 18.6. The monoisotopic (exact) mass is 463 g/mol. The minimum absolute atomic E-state index is 0.133. The van der Waals surface area contributed by atoms with E-state index in [0.717, 1.165) is 33.2 Å². The first kappa shape index (κ1) is 20.9. The normalized spacial score (nSPS) is 16.5. The first-order valence-corrected chi connectivity index (χ1v) is 11.3. The van der Waals surface area contributed by atoms with Crippen molar-refractivity contribution in [2.45, 2.75) is 12.6 Å². The van der Waals surface area contributed by atoms with E-state index in [4.69, 9.17) is 15.5 Å². The number of hydrogen-bond donors (Lipinski definition) is 2. The van der Waals surface area contributed by atoms with E-state index in [1.165, 1.54) is 0 Å². The molecule has 3 N–H and O–H groups in total. The Hall–Kier alpha value is -4.72. The topological polar surface area (TPSA) is 110 Å². The van der Waals surface area contributed by atoms with Gasteiger partial charge in [-0.15, -0.1) is 0 Å². The molecule has 4 aromatic rings. The quantitative estimate of drug-likeness (QED) is 0.451. The first-order chi connectivity index (χ1) is 17.1. The second-order valence-corrected chi connectivity index (χ2v) is 8.47. The summed E-state index contributed by atoms with van der Waals surface area (Å²) < 4.78 is 5.41. The molecule has 2 amide bonds. The smallest absolute Gasteiger partial charge is 0.399 e. The highest BCUT2D eigenvalue weighted by Gasteiger charge is 2.37. The number of anilines is 2. The molecule has 6 rings (SSSR count). The number of carbonyl (C=O) groups is 2. The highest BCUT2D eigenvalue weighted by Crippen LogP contribution is 2.38. The summed E-state index contributed by atoms with van der Waals surface area (Å²) in [5, 5.41) is 4.45. The Morgan fingerprint density at radius 3 is 2.63 bits per heavy atom. The second kappa shape index (κ2) is 8.25. The standard InChI is InChI=1S/C27H21N5O3/c28-20-12-18-10-11-32-24(18)21(14-20)23(16-6-2-1-3-7-16)30-25(26(32)33)31-27(34)35-22-13-17-8-4-5-9-19(17)15-29-22/h1-9,12-15,25H,10-11,28H2,(H,31,34)/t25-/m0/s1. The predicted molar refractivity (Wildman–Crippen MR) is 134 cm³/mol. The fraction of sp³-hybridized carbons (Fsp3) is 0.111. The van der Waals surface area contributed by atoms with E-state index in [1.807, 2.05) is 66.7 Å². The molecule has 8 heteroatoms. The molecule has 2 aliphatic rings. The average molecular weight is 463 g/mol. The van der Waals surface area contributed by atoms with E-state index in [1.54, 1.807) is 17.2 Å². The maximum atomic E-state index is 13.5. The van der Waals surface area contributed by atoms with Crippen LogP contribution in [-0.4, -0.2) is 35.4 Å². The van der Waals surface area contributed by atoms with Crippen molar-refractivity contribution < 1.29 is 14.3 Å². The molecule has 0 radical (unpaired) electrons. The number of rotatable bonds is 3. The Morgan fingerprint density at radius 2 is 1.80 bits per heavy atom. The second-order valence-electron chi connectivity index (χ2n) is 8.47. The maximum Gasteiger partial charge on any atom is 0.416 e. The summed E-state index contributed by atoms with van der Waals surface area (Å²) in [6, 6.07) is 22.6. The van der Waals surface area contributed by atoms with Gasteiger partial charge in [-0.25, -0.2) is 14.8 Å². The molecule has 1 atom stereocenters. The van der Waals surface area contributed by atoms with Crippen LogP contribution in [0.25, 0.3) is 10.8 Å². The molecule has 0 fully saturated rings. The minimum Gasteiger partial charge on any atom is -0.399 e. The number of amides is 2. The molecule has 172 valence electrons. The van der Waals surface area contributed by atoms with Gasteiger partial charge in [-0.3, -0.25) is 10.1 Å². The molecule has 0 unspecified atom stereocenters. The number of aromatic nitrogens is 1. The Labute approximate surface area is 201 Å². The largest absolute Gasteiger partial charge is 0.416 e. The lowest BCUT2D eigenvalue weighted by molar-refractivity contribution is -0.120. The van der Waals surface area contributed by atoms with Crippen molar-refractivity contribution >= 4 is 39.9 Å². The van der Waals surface area contributed by atoms with Crippen LogP contribution >= 0.6 is 0 Å². The van der Waals surface area contributed by atoms with Crippen LogP contribution in [0, 0.1) is 0 Å². The average Bonchev–Trinajstić information content (AvgIpc) is 3.25. The van der Waals surface area contributed by atoms with Gasteiger partial charge in [0.15, 0.2) is 0 Å². The summed E-state index contributed by atoms with van der Waals surface area (Å²) >= 11 is 0. The first-order valence-electron chi connectivity index (χ1n) is 11.3. The van der Waals surface area contributed by atoms with Gasteiger partial charge in [0.25, 0.3) is 5.91 Å². The Morgan fingerprint density at radius 1 is 1.03 bits per heavy atom. The van der Waals surface area contributed by atoms with E-state index >= 15 is 0 Å². The van der Waals surface area contributed by atoms with E-state index in [2.05, 4.69) is 10.3 Å². The molecule has 0 saturated carbocycles. The summed E-state index contributed by atoms with van der Waals surface area (Å²) in [6.45, 7) is 0.488. The van der Waals surface area contributed by atoms with Gasteiger partial charge >= 0.3 is 6.09 Å². The van der Waals surface area contributed by atoms with Gasteiger partial charge < -0.3 is 15.4 Å². The third-order valence-corrected chi connectivity index (χ3v) is 6.20. The molecule has 3 heterocycles. The minimum atomic E-state index is -1.17. The number of aliphatic imine (C=N–C) groups is 1. The number of nitrogen functional groups attached to an aromatic ring is 1. The van der Waals surface area contributed by atoms with Crippen LogP contribution in [0.3, 0.4) is 0 Å². The molecule has 3 aromatic carbocycles. The lowest BCUT2D eigenvalue weighted by Crippen LogP contribution is -2.47. The molecule has 2 aliphatic heterocycles. The summed E-state index contributed by atoms with van der Waals surface area (Å²) in [4.78, 5) is 36.9. The van der Waals surface area contributed by atoms with Crippen LogP contribution in [0.2, 0.25) is 0 Å². The zero-order chi connectivity index (χ0) is 23.9. The molecule has 8 nitrogen and oxygen atoms in total. The number of nitrogens with one attached hydrogen (secondary N) is 1. The molecule has 0 aliphatic carbocycles. The third-order valence-electron chi connectivity index (χ3n) is 6.20. The molecule has 0 spiro atoms. The third kappa shape index (κ3) is 3.74. The summed E-state index contributed by atoms with van der Waals surface area (Å²) in [6.07, 6.45) is 0.331. The van der Waals surface area contributed by atoms with E-state index in [0.29, 0.717) is 24.4 Å². The number of carbonyl (C=O) groups excluding carboxylic acids is 2. The lowest BCUT2D eigenvalue weighted by atomic mass is 9.97. The SMILES string of the molecule is Nc1cc2c3c(c1)C(c1ccccc1)=N[C@@H](NC(=O)Oc1cc4ccccc4cn1)C(=O)N3CC2. The molecule has 0 bridgehead atoms. The molecule has 35 heavy (non-hydrogen) atoms. The van der Waals surface area contributed by atoms with E-state index < -0.39 is 12.3 Å². The van der Waals surface area contributed by atoms with Gasteiger partial charge in [-0.05, 0) is 29.5 Å². The summed E-state index contributed by atoms with van der Waals surface area (Å²) in [5.74, 6) is -0.196.